The van der Waals surface area contributed by atoms with Gasteiger partial charge in [-0.1, -0.05) is 13.0 Å². The van der Waals surface area contributed by atoms with Crippen molar-refractivity contribution in [2.24, 2.45) is 5.73 Å². The lowest BCUT2D eigenvalue weighted by atomic mass is 9.83. The van der Waals surface area contributed by atoms with Gasteiger partial charge in [-0.2, -0.15) is 0 Å². The summed E-state index contributed by atoms with van der Waals surface area (Å²) in [5, 5.41) is 2.76. The number of carbonyl (C=O) groups is 1. The zero-order chi connectivity index (χ0) is 16.1. The van der Waals surface area contributed by atoms with Gasteiger partial charge in [0.1, 0.15) is 5.60 Å². The number of aromatic nitrogens is 1. The van der Waals surface area contributed by atoms with E-state index in [9.17, 15) is 4.79 Å². The highest BCUT2D eigenvalue weighted by molar-refractivity contribution is 5.67. The predicted molar refractivity (Wildman–Crippen MR) is 81.4 cm³/mol. The van der Waals surface area contributed by atoms with Gasteiger partial charge in [0.25, 0.3) is 0 Å². The molecule has 0 aliphatic rings. The van der Waals surface area contributed by atoms with Crippen LogP contribution in [-0.4, -0.2) is 36.9 Å². The summed E-state index contributed by atoms with van der Waals surface area (Å²) in [5.41, 5.74) is 5.86. The number of hydrogen-bond acceptors (Lipinski definition) is 5. The third-order valence-electron chi connectivity index (χ3n) is 3.11. The number of hydrogen-bond donors (Lipinski definition) is 2. The Bertz CT molecular complexity index is 468. The third-order valence-corrected chi connectivity index (χ3v) is 3.11. The number of alkyl carbamates (subject to hydrolysis) is 1. The fraction of sp³-hybridized carbons (Fsp3) is 0.600. The van der Waals surface area contributed by atoms with E-state index in [1.165, 1.54) is 0 Å². The van der Waals surface area contributed by atoms with Crippen LogP contribution in [0.4, 0.5) is 4.79 Å². The Hall–Kier alpha value is -1.82. The number of amides is 1. The molecule has 0 saturated heterocycles. The average Bonchev–Trinajstić information content (AvgIpc) is 2.43. The number of carbonyl (C=O) groups excluding carboxylic acids is 1. The molecule has 21 heavy (non-hydrogen) atoms. The molecule has 1 aromatic heterocycles. The first-order chi connectivity index (χ1) is 9.70. The van der Waals surface area contributed by atoms with Crippen molar-refractivity contribution in [3.63, 3.8) is 0 Å². The van der Waals surface area contributed by atoms with Gasteiger partial charge in [0.2, 0.25) is 5.88 Å². The normalized spacial score (nSPS) is 14.2. The van der Waals surface area contributed by atoms with Gasteiger partial charge in [-0.05, 0) is 26.3 Å². The lowest BCUT2D eigenvalue weighted by Crippen LogP contribution is -2.45. The molecule has 1 aromatic rings. The first kappa shape index (κ1) is 17.2. The van der Waals surface area contributed by atoms with Crippen molar-refractivity contribution in [1.82, 2.24) is 10.3 Å². The van der Waals surface area contributed by atoms with Crippen LogP contribution in [0.3, 0.4) is 0 Å². The standard InChI is InChI=1S/C15H25N3O3/c1-14(2,3)21-13(19)18-10-15(4,9-16)11-6-7-12(20-5)17-8-11/h6-8H,9-10,16H2,1-5H3,(H,18,19). The topological polar surface area (TPSA) is 86.5 Å². The molecular weight excluding hydrogens is 270 g/mol. The number of ether oxygens (including phenoxy) is 2. The molecule has 0 radical (unpaired) electrons. The molecule has 6 nitrogen and oxygen atoms in total. The zero-order valence-corrected chi connectivity index (χ0v) is 13.4. The van der Waals surface area contributed by atoms with Gasteiger partial charge in [-0.15, -0.1) is 0 Å². The van der Waals surface area contributed by atoms with Gasteiger partial charge < -0.3 is 20.5 Å². The van der Waals surface area contributed by atoms with Crippen LogP contribution >= 0.6 is 0 Å². The van der Waals surface area contributed by atoms with Crippen LogP contribution in [0.15, 0.2) is 18.3 Å². The Morgan fingerprint density at radius 3 is 2.43 bits per heavy atom. The van der Waals surface area contributed by atoms with Crippen molar-refractivity contribution >= 4 is 6.09 Å². The monoisotopic (exact) mass is 295 g/mol. The summed E-state index contributed by atoms with van der Waals surface area (Å²) < 4.78 is 10.3. The molecule has 0 saturated carbocycles. The lowest BCUT2D eigenvalue weighted by Gasteiger charge is -2.29. The van der Waals surface area contributed by atoms with Crippen LogP contribution in [-0.2, 0) is 10.2 Å². The summed E-state index contributed by atoms with van der Waals surface area (Å²) in [6.07, 6.45) is 1.26. The molecule has 0 aliphatic heterocycles. The number of pyridine rings is 1. The van der Waals surface area contributed by atoms with E-state index in [2.05, 4.69) is 10.3 Å². The van der Waals surface area contributed by atoms with Gasteiger partial charge in [-0.25, -0.2) is 9.78 Å². The van der Waals surface area contributed by atoms with Crippen molar-refractivity contribution in [3.8, 4) is 5.88 Å². The van der Waals surface area contributed by atoms with Crippen LogP contribution in [0, 0.1) is 0 Å². The van der Waals surface area contributed by atoms with Crippen LogP contribution < -0.4 is 15.8 Å². The number of nitrogens with one attached hydrogen (secondary N) is 1. The fourth-order valence-electron chi connectivity index (χ4n) is 1.73. The van der Waals surface area contributed by atoms with Crippen molar-refractivity contribution in [2.75, 3.05) is 20.2 Å². The highest BCUT2D eigenvalue weighted by Crippen LogP contribution is 2.22. The summed E-state index contributed by atoms with van der Waals surface area (Å²) >= 11 is 0. The molecule has 1 atom stereocenters. The number of nitrogens with zero attached hydrogens (tertiary/aromatic N) is 1. The van der Waals surface area contributed by atoms with Crippen LogP contribution in [0.2, 0.25) is 0 Å². The smallest absolute Gasteiger partial charge is 0.407 e. The van der Waals surface area contributed by atoms with Gasteiger partial charge in [0, 0.05) is 30.8 Å². The maximum absolute atomic E-state index is 11.7. The first-order valence-corrected chi connectivity index (χ1v) is 6.87. The highest BCUT2D eigenvalue weighted by atomic mass is 16.6. The van der Waals surface area contributed by atoms with Gasteiger partial charge in [0.15, 0.2) is 0 Å². The van der Waals surface area contributed by atoms with Crippen LogP contribution in [0.1, 0.15) is 33.3 Å². The van der Waals surface area contributed by atoms with Gasteiger partial charge >= 0.3 is 6.09 Å². The van der Waals surface area contributed by atoms with E-state index in [-0.39, 0.29) is 0 Å². The maximum Gasteiger partial charge on any atom is 0.407 e. The van der Waals surface area contributed by atoms with Gasteiger partial charge in [-0.3, -0.25) is 0 Å². The second kappa shape index (κ2) is 6.76. The molecule has 1 amide bonds. The second-order valence-electron chi connectivity index (χ2n) is 6.21. The zero-order valence-electron chi connectivity index (χ0n) is 13.4. The van der Waals surface area contributed by atoms with E-state index in [0.717, 1.165) is 5.56 Å². The van der Waals surface area contributed by atoms with Crippen molar-refractivity contribution in [3.05, 3.63) is 23.9 Å². The Morgan fingerprint density at radius 1 is 1.33 bits per heavy atom. The number of rotatable bonds is 5. The quantitative estimate of drug-likeness (QED) is 0.865. The van der Waals surface area contributed by atoms with E-state index in [1.807, 2.05) is 33.8 Å². The molecule has 0 bridgehead atoms. The summed E-state index contributed by atoms with van der Waals surface area (Å²) in [6.45, 7) is 8.17. The minimum absolute atomic E-state index is 0.367. The van der Waals surface area contributed by atoms with Crippen molar-refractivity contribution < 1.29 is 14.3 Å². The summed E-state index contributed by atoms with van der Waals surface area (Å²) in [4.78, 5) is 15.9. The van der Waals surface area contributed by atoms with E-state index >= 15 is 0 Å². The van der Waals surface area contributed by atoms with E-state index in [1.54, 1.807) is 19.4 Å². The predicted octanol–water partition coefficient (Wildman–Crippen LogP) is 1.83. The molecule has 0 aliphatic carbocycles. The van der Waals surface area contributed by atoms with Crippen molar-refractivity contribution in [1.29, 1.82) is 0 Å². The number of methoxy groups -OCH3 is 1. The summed E-state index contributed by atoms with van der Waals surface area (Å²) in [6, 6.07) is 3.67. The molecule has 6 heteroatoms. The van der Waals surface area contributed by atoms with Gasteiger partial charge in [0.05, 0.1) is 7.11 Å². The molecule has 0 aromatic carbocycles. The summed E-state index contributed by atoms with van der Waals surface area (Å²) in [5.74, 6) is 0.540. The minimum Gasteiger partial charge on any atom is -0.481 e. The van der Waals surface area contributed by atoms with Crippen LogP contribution in [0.25, 0.3) is 0 Å². The van der Waals surface area contributed by atoms with Crippen LogP contribution in [0.5, 0.6) is 5.88 Å². The average molecular weight is 295 g/mol. The molecular formula is C15H25N3O3. The summed E-state index contributed by atoms with van der Waals surface area (Å²) in [7, 11) is 1.56. The second-order valence-corrected chi connectivity index (χ2v) is 6.21. The van der Waals surface area contributed by atoms with E-state index < -0.39 is 17.1 Å². The maximum atomic E-state index is 11.7. The SMILES string of the molecule is COc1ccc(C(C)(CN)CNC(=O)OC(C)(C)C)cn1. The molecule has 1 rings (SSSR count). The largest absolute Gasteiger partial charge is 0.481 e. The Kier molecular flexibility index (Phi) is 5.54. The van der Waals surface area contributed by atoms with Crippen molar-refractivity contribution in [2.45, 2.75) is 38.7 Å². The molecule has 1 heterocycles. The third kappa shape index (κ3) is 5.23. The minimum atomic E-state index is -0.523. The molecule has 118 valence electrons. The lowest BCUT2D eigenvalue weighted by molar-refractivity contribution is 0.0516. The first-order valence-electron chi connectivity index (χ1n) is 6.87. The molecule has 0 fully saturated rings. The molecule has 0 spiro atoms. The fourth-order valence-corrected chi connectivity index (χ4v) is 1.73. The van der Waals surface area contributed by atoms with E-state index in [0.29, 0.717) is 19.0 Å². The van der Waals surface area contributed by atoms with E-state index in [4.69, 9.17) is 15.2 Å². The Balaban J connectivity index is 2.73. The Morgan fingerprint density at radius 2 is 2.00 bits per heavy atom. The molecule has 1 unspecified atom stereocenters. The Labute approximate surface area is 126 Å². The number of nitrogens with two attached hydrogens (primary N) is 1. The molecule has 3 N–H and O–H groups in total. The highest BCUT2D eigenvalue weighted by Gasteiger charge is 2.27.